The molecule has 1 saturated heterocycles. The summed E-state index contributed by atoms with van der Waals surface area (Å²) in [6.45, 7) is 9.32. The van der Waals surface area contributed by atoms with E-state index < -0.39 is 16.3 Å². The van der Waals surface area contributed by atoms with E-state index in [0.717, 1.165) is 44.3 Å². The molecular weight excluding hydrogens is 474 g/mol. The lowest BCUT2D eigenvalue weighted by molar-refractivity contribution is -0.157. The van der Waals surface area contributed by atoms with Gasteiger partial charge in [0, 0.05) is 29.1 Å². The van der Waals surface area contributed by atoms with Gasteiger partial charge in [-0.1, -0.05) is 16.8 Å². The number of amides is 1. The van der Waals surface area contributed by atoms with E-state index in [9.17, 15) is 9.90 Å². The van der Waals surface area contributed by atoms with E-state index >= 15 is 0 Å². The number of hydrogen-bond acceptors (Lipinski definition) is 6. The predicted molar refractivity (Wildman–Crippen MR) is 143 cm³/mol. The molecule has 1 fully saturated rings. The van der Waals surface area contributed by atoms with Crippen LogP contribution in [0.2, 0.25) is 0 Å². The molecule has 5 rings (SSSR count). The molecule has 3 heterocycles. The first-order valence-corrected chi connectivity index (χ1v) is 13.6. The van der Waals surface area contributed by atoms with E-state index in [1.165, 1.54) is 0 Å². The second-order valence-electron chi connectivity index (χ2n) is 9.99. The van der Waals surface area contributed by atoms with Crippen molar-refractivity contribution in [3.63, 3.8) is 0 Å². The fourth-order valence-corrected chi connectivity index (χ4v) is 5.83. The maximum atomic E-state index is 13.4. The van der Waals surface area contributed by atoms with Crippen molar-refractivity contribution in [2.24, 2.45) is 0 Å². The number of hydrogen-bond donors (Lipinski definition) is 3. The Morgan fingerprint density at radius 2 is 1.94 bits per heavy atom. The van der Waals surface area contributed by atoms with Gasteiger partial charge in [0.05, 0.1) is 13.1 Å². The molecule has 8 heteroatoms. The van der Waals surface area contributed by atoms with Crippen LogP contribution in [0.25, 0.3) is 0 Å². The summed E-state index contributed by atoms with van der Waals surface area (Å²) in [6, 6.07) is 7.81. The number of nitrogens with one attached hydrogen (secondary N) is 2. The quantitative estimate of drug-likeness (QED) is 0.517. The maximum absolute atomic E-state index is 13.4. The first-order valence-electron chi connectivity index (χ1n) is 12.3. The summed E-state index contributed by atoms with van der Waals surface area (Å²) in [7, 11) is -0.526. The highest BCUT2D eigenvalue weighted by Gasteiger charge is 2.46. The zero-order valence-corrected chi connectivity index (χ0v) is 22.0. The first-order chi connectivity index (χ1) is 17.2. The Labute approximate surface area is 214 Å². The number of allylic oxidation sites excluding steroid dienone is 2. The normalized spacial score (nSPS) is 22.9. The van der Waals surface area contributed by atoms with Gasteiger partial charge in [-0.3, -0.25) is 9.57 Å². The Morgan fingerprint density at radius 1 is 1.22 bits per heavy atom. The van der Waals surface area contributed by atoms with Gasteiger partial charge in [-0.25, -0.2) is 0 Å². The Kier molecular flexibility index (Phi) is 6.32. The number of benzene rings is 2. The van der Waals surface area contributed by atoms with Gasteiger partial charge < -0.3 is 24.8 Å². The first kappa shape index (κ1) is 24.4. The fraction of sp³-hybridized carbons (Fsp3) is 0.393. The average molecular weight is 508 g/mol. The lowest BCUT2D eigenvalue weighted by Gasteiger charge is -2.45. The van der Waals surface area contributed by atoms with Gasteiger partial charge >= 0.3 is 0 Å². The highest BCUT2D eigenvalue weighted by molar-refractivity contribution is 7.93. The summed E-state index contributed by atoms with van der Waals surface area (Å²) < 4.78 is 20.4. The van der Waals surface area contributed by atoms with Crippen LogP contribution < -0.4 is 14.8 Å². The summed E-state index contributed by atoms with van der Waals surface area (Å²) in [6.07, 6.45) is 5.16. The Hall–Kier alpha value is -3.26. The van der Waals surface area contributed by atoms with Crippen LogP contribution in [0.3, 0.4) is 0 Å². The minimum Gasteiger partial charge on any atom is -0.507 e. The molecule has 0 saturated carbocycles. The number of anilines is 1. The van der Waals surface area contributed by atoms with Crippen molar-refractivity contribution < 1.29 is 19.4 Å². The number of ether oxygens (including phenoxy) is 2. The highest BCUT2D eigenvalue weighted by atomic mass is 32.2. The van der Waals surface area contributed by atoms with Crippen molar-refractivity contribution in [3.05, 3.63) is 69.0 Å². The van der Waals surface area contributed by atoms with Crippen LogP contribution in [0.5, 0.6) is 17.2 Å². The van der Waals surface area contributed by atoms with Crippen LogP contribution in [0.15, 0.2) is 46.7 Å². The third-order valence-corrected chi connectivity index (χ3v) is 8.79. The van der Waals surface area contributed by atoms with Crippen LogP contribution in [-0.4, -0.2) is 47.3 Å². The molecule has 190 valence electrons. The molecule has 2 unspecified atom stereocenters. The summed E-state index contributed by atoms with van der Waals surface area (Å²) in [5.41, 5.74) is 3.60. The molecule has 7 nitrogen and oxygen atoms in total. The van der Waals surface area contributed by atoms with Crippen molar-refractivity contribution in [3.8, 4) is 17.2 Å². The van der Waals surface area contributed by atoms with E-state index in [0.29, 0.717) is 38.2 Å². The van der Waals surface area contributed by atoms with E-state index in [2.05, 4.69) is 5.32 Å². The second-order valence-corrected chi connectivity index (χ2v) is 11.5. The van der Waals surface area contributed by atoms with Gasteiger partial charge in [-0.05, 0) is 86.6 Å². The molecule has 3 aliphatic heterocycles. The van der Waals surface area contributed by atoms with Crippen LogP contribution >= 0.6 is 0 Å². The zero-order valence-electron chi connectivity index (χ0n) is 21.2. The molecule has 3 aliphatic rings. The number of nitrogens with zero attached hydrogens (tertiary/aromatic N) is 1. The Morgan fingerprint density at radius 3 is 2.61 bits per heavy atom. The molecule has 2 atom stereocenters. The number of phenolic OH excluding ortho intramolecular Hbond substituents is 1. The Balaban J connectivity index is 1.15. The number of aromatic hydroxyl groups is 1. The SMILES string of the molecule is Cc1c(C)c2c(c(C)c1O)CCC(C)(C(=O)N1CC(Oc3ccc(NCC4=CC=CS4=N)cc3)C1)O2. The largest absolute Gasteiger partial charge is 0.507 e. The van der Waals surface area contributed by atoms with Crippen LogP contribution in [0.4, 0.5) is 5.69 Å². The second kappa shape index (κ2) is 9.32. The monoisotopic (exact) mass is 507 g/mol. The summed E-state index contributed by atoms with van der Waals surface area (Å²) in [5.74, 6) is 1.82. The average Bonchev–Trinajstić information content (AvgIpc) is 3.27. The molecular formula is C28H33N3O4S. The van der Waals surface area contributed by atoms with E-state index in [1.807, 2.05) is 74.4 Å². The molecule has 3 N–H and O–H groups in total. The topological polar surface area (TPSA) is 94.9 Å². The van der Waals surface area contributed by atoms with Crippen LogP contribution in [-0.2, 0) is 21.9 Å². The van der Waals surface area contributed by atoms with Gasteiger partial charge in [0.15, 0.2) is 5.60 Å². The van der Waals surface area contributed by atoms with Gasteiger partial charge in [0.25, 0.3) is 5.91 Å². The summed E-state index contributed by atoms with van der Waals surface area (Å²) in [4.78, 5) is 16.3. The van der Waals surface area contributed by atoms with E-state index in [1.54, 1.807) is 0 Å². The molecule has 0 bridgehead atoms. The van der Waals surface area contributed by atoms with Crippen molar-refractivity contribution in [1.29, 1.82) is 4.78 Å². The van der Waals surface area contributed by atoms with Crippen molar-refractivity contribution in [2.45, 2.75) is 52.2 Å². The molecule has 0 spiro atoms. The maximum Gasteiger partial charge on any atom is 0.266 e. The third kappa shape index (κ3) is 4.39. The molecule has 1 amide bonds. The number of likely N-dealkylation sites (tertiary alicyclic amines) is 1. The summed E-state index contributed by atoms with van der Waals surface area (Å²) in [5, 5.41) is 15.7. The minimum atomic E-state index is -0.922. The standard InChI is InChI=1S/C28H33N3O4S/c1-17-18(2)26-24(19(3)25(17)32)11-12-28(4,35-26)27(33)31-15-22(16-31)34-21-9-7-20(8-10-21)30-14-23-6-5-13-36(23)29/h5-10,13,22,29-30,32H,11-12,14-16H2,1-4H3. The zero-order chi connectivity index (χ0) is 25.6. The molecule has 2 aromatic carbocycles. The molecule has 2 aromatic rings. The van der Waals surface area contributed by atoms with Crippen molar-refractivity contribution >= 4 is 22.3 Å². The van der Waals surface area contributed by atoms with Crippen molar-refractivity contribution in [1.82, 2.24) is 4.90 Å². The predicted octanol–water partition coefficient (Wildman–Crippen LogP) is 4.89. The minimum absolute atomic E-state index is 0.0144. The number of carbonyl (C=O) groups is 1. The fourth-order valence-electron chi connectivity index (χ4n) is 4.97. The molecule has 0 aromatic heterocycles. The molecule has 0 aliphatic carbocycles. The van der Waals surface area contributed by atoms with Crippen LogP contribution in [0, 0.1) is 25.6 Å². The van der Waals surface area contributed by atoms with E-state index in [-0.39, 0.29) is 12.0 Å². The number of fused-ring (bicyclic) bond motifs is 1. The van der Waals surface area contributed by atoms with Gasteiger partial charge in [0.1, 0.15) is 23.4 Å². The highest BCUT2D eigenvalue weighted by Crippen LogP contribution is 2.44. The smallest absolute Gasteiger partial charge is 0.266 e. The van der Waals surface area contributed by atoms with E-state index in [4.69, 9.17) is 14.3 Å². The lowest BCUT2D eigenvalue weighted by Crippen LogP contribution is -2.63. The number of carbonyl (C=O) groups excluding carboxylic acids is 1. The number of phenols is 1. The van der Waals surface area contributed by atoms with Gasteiger partial charge in [0.2, 0.25) is 0 Å². The van der Waals surface area contributed by atoms with Crippen molar-refractivity contribution in [2.75, 3.05) is 25.0 Å². The van der Waals surface area contributed by atoms with Crippen LogP contribution in [0.1, 0.15) is 35.6 Å². The lowest BCUT2D eigenvalue weighted by atomic mass is 9.86. The van der Waals surface area contributed by atoms with Gasteiger partial charge in [-0.2, -0.15) is 0 Å². The third-order valence-electron chi connectivity index (χ3n) is 7.51. The van der Waals surface area contributed by atoms with Gasteiger partial charge in [-0.15, -0.1) is 0 Å². The molecule has 36 heavy (non-hydrogen) atoms. The number of rotatable bonds is 6. The molecule has 0 radical (unpaired) electrons. The Bertz CT molecular complexity index is 1300. The summed E-state index contributed by atoms with van der Waals surface area (Å²) >= 11 is 0.